The molecule has 6 nitrogen and oxygen atoms in total. The predicted molar refractivity (Wildman–Crippen MR) is 112 cm³/mol. The SMILES string of the molecule is O=C(CCc1ncc(-c2ccccc2Cl)o1)Nc1ccc(N2CCCC2=O)cc1. The van der Waals surface area contributed by atoms with Crippen molar-refractivity contribution in [1.29, 1.82) is 0 Å². The minimum atomic E-state index is -0.132. The fraction of sp³-hybridized carbons (Fsp3) is 0.227. The first-order valence-electron chi connectivity index (χ1n) is 9.50. The summed E-state index contributed by atoms with van der Waals surface area (Å²) in [5, 5.41) is 3.45. The number of nitrogens with zero attached hydrogens (tertiary/aromatic N) is 2. The highest BCUT2D eigenvalue weighted by Gasteiger charge is 2.21. The number of aromatic nitrogens is 1. The Morgan fingerprint density at radius 3 is 2.69 bits per heavy atom. The van der Waals surface area contributed by atoms with E-state index in [9.17, 15) is 9.59 Å². The van der Waals surface area contributed by atoms with Crippen LogP contribution in [-0.4, -0.2) is 23.3 Å². The lowest BCUT2D eigenvalue weighted by molar-refractivity contribution is -0.117. The maximum Gasteiger partial charge on any atom is 0.227 e. The van der Waals surface area contributed by atoms with E-state index in [0.29, 0.717) is 35.2 Å². The topological polar surface area (TPSA) is 75.4 Å². The van der Waals surface area contributed by atoms with Crippen LogP contribution in [0.4, 0.5) is 11.4 Å². The quantitative estimate of drug-likeness (QED) is 0.640. The van der Waals surface area contributed by atoms with E-state index >= 15 is 0 Å². The molecule has 1 fully saturated rings. The molecule has 0 spiro atoms. The van der Waals surface area contributed by atoms with Gasteiger partial charge in [0.15, 0.2) is 11.7 Å². The van der Waals surface area contributed by atoms with Crippen molar-refractivity contribution in [2.45, 2.75) is 25.7 Å². The van der Waals surface area contributed by atoms with E-state index in [2.05, 4.69) is 10.3 Å². The Kier molecular flexibility index (Phi) is 5.62. The second-order valence-electron chi connectivity index (χ2n) is 6.84. The van der Waals surface area contributed by atoms with Crippen LogP contribution in [0.3, 0.4) is 0 Å². The lowest BCUT2D eigenvalue weighted by Crippen LogP contribution is -2.23. The van der Waals surface area contributed by atoms with Crippen LogP contribution in [0.5, 0.6) is 0 Å². The zero-order valence-corrected chi connectivity index (χ0v) is 16.5. The summed E-state index contributed by atoms with van der Waals surface area (Å²) >= 11 is 6.17. The molecule has 1 aliphatic heterocycles. The maximum absolute atomic E-state index is 12.2. The standard InChI is InChI=1S/C22H20ClN3O3/c23-18-5-2-1-4-17(18)19-14-24-21(29-19)12-11-20(27)25-15-7-9-16(10-8-15)26-13-3-6-22(26)28/h1-2,4-5,7-10,14H,3,6,11-13H2,(H,25,27). The van der Waals surface area contributed by atoms with Gasteiger partial charge in [0.05, 0.1) is 11.2 Å². The van der Waals surface area contributed by atoms with Crippen molar-refractivity contribution in [3.8, 4) is 11.3 Å². The molecule has 2 aromatic carbocycles. The molecule has 2 amide bonds. The van der Waals surface area contributed by atoms with E-state index in [1.54, 1.807) is 29.3 Å². The molecule has 0 aliphatic carbocycles. The van der Waals surface area contributed by atoms with Crippen molar-refractivity contribution in [2.75, 3.05) is 16.8 Å². The minimum Gasteiger partial charge on any atom is -0.441 e. The van der Waals surface area contributed by atoms with E-state index in [1.165, 1.54) is 0 Å². The molecule has 1 saturated heterocycles. The van der Waals surface area contributed by atoms with E-state index in [0.717, 1.165) is 24.2 Å². The van der Waals surface area contributed by atoms with Gasteiger partial charge in [-0.1, -0.05) is 23.7 Å². The van der Waals surface area contributed by atoms with Crippen LogP contribution in [0.15, 0.2) is 59.1 Å². The number of halogens is 1. The summed E-state index contributed by atoms with van der Waals surface area (Å²) in [6.07, 6.45) is 3.73. The van der Waals surface area contributed by atoms with Crippen molar-refractivity contribution in [1.82, 2.24) is 4.98 Å². The smallest absolute Gasteiger partial charge is 0.227 e. The molecule has 1 N–H and O–H groups in total. The van der Waals surface area contributed by atoms with Gasteiger partial charge < -0.3 is 14.6 Å². The Hall–Kier alpha value is -3.12. The van der Waals surface area contributed by atoms with Crippen LogP contribution in [0.25, 0.3) is 11.3 Å². The van der Waals surface area contributed by atoms with Gasteiger partial charge in [-0.15, -0.1) is 0 Å². The first-order chi connectivity index (χ1) is 14.1. The summed E-state index contributed by atoms with van der Waals surface area (Å²) in [7, 11) is 0. The van der Waals surface area contributed by atoms with E-state index < -0.39 is 0 Å². The summed E-state index contributed by atoms with van der Waals surface area (Å²) in [6, 6.07) is 14.7. The summed E-state index contributed by atoms with van der Waals surface area (Å²) < 4.78 is 5.72. The number of anilines is 2. The fourth-order valence-corrected chi connectivity index (χ4v) is 3.53. The first-order valence-corrected chi connectivity index (χ1v) is 9.88. The van der Waals surface area contributed by atoms with Crippen LogP contribution in [0, 0.1) is 0 Å². The number of rotatable bonds is 6. The molecule has 0 radical (unpaired) electrons. The van der Waals surface area contributed by atoms with Crippen molar-refractivity contribution in [2.24, 2.45) is 0 Å². The Balaban J connectivity index is 1.31. The first kappa shape index (κ1) is 19.2. The van der Waals surface area contributed by atoms with Crippen LogP contribution >= 0.6 is 11.6 Å². The highest BCUT2D eigenvalue weighted by Crippen LogP contribution is 2.28. The van der Waals surface area contributed by atoms with Crippen molar-refractivity contribution in [3.05, 3.63) is 65.6 Å². The Bertz CT molecular complexity index is 1030. The summed E-state index contributed by atoms with van der Waals surface area (Å²) in [5.41, 5.74) is 2.32. The minimum absolute atomic E-state index is 0.132. The molecule has 0 saturated carbocycles. The average molecular weight is 410 g/mol. The Morgan fingerprint density at radius 2 is 1.97 bits per heavy atom. The van der Waals surface area contributed by atoms with Gasteiger partial charge in [-0.2, -0.15) is 0 Å². The molecule has 0 bridgehead atoms. The number of carbonyl (C=O) groups is 2. The summed E-state index contributed by atoms with van der Waals surface area (Å²) in [6.45, 7) is 0.747. The van der Waals surface area contributed by atoms with Gasteiger partial charge in [0.25, 0.3) is 0 Å². The van der Waals surface area contributed by atoms with Gasteiger partial charge in [0.1, 0.15) is 0 Å². The molecule has 4 rings (SSSR count). The van der Waals surface area contributed by atoms with E-state index in [4.69, 9.17) is 16.0 Å². The summed E-state index contributed by atoms with van der Waals surface area (Å²) in [5.74, 6) is 1.08. The van der Waals surface area contributed by atoms with Crippen molar-refractivity contribution < 1.29 is 14.0 Å². The monoisotopic (exact) mass is 409 g/mol. The molecule has 0 unspecified atom stereocenters. The molecule has 3 aromatic rings. The molecule has 7 heteroatoms. The molecule has 1 aliphatic rings. The predicted octanol–water partition coefficient (Wildman–Crippen LogP) is 4.69. The van der Waals surface area contributed by atoms with Crippen LogP contribution in [0.2, 0.25) is 5.02 Å². The number of hydrogen-bond donors (Lipinski definition) is 1. The number of amides is 2. The van der Waals surface area contributed by atoms with Crippen LogP contribution < -0.4 is 10.2 Å². The van der Waals surface area contributed by atoms with Crippen molar-refractivity contribution >= 4 is 34.8 Å². The largest absolute Gasteiger partial charge is 0.441 e. The number of hydrogen-bond acceptors (Lipinski definition) is 4. The van der Waals surface area contributed by atoms with Gasteiger partial charge >= 0.3 is 0 Å². The zero-order valence-electron chi connectivity index (χ0n) is 15.7. The zero-order chi connectivity index (χ0) is 20.2. The molecule has 0 atom stereocenters. The lowest BCUT2D eigenvalue weighted by atomic mass is 10.2. The normalized spacial score (nSPS) is 13.7. The van der Waals surface area contributed by atoms with Crippen molar-refractivity contribution in [3.63, 3.8) is 0 Å². The third-order valence-corrected chi connectivity index (χ3v) is 5.12. The number of benzene rings is 2. The van der Waals surface area contributed by atoms with Gasteiger partial charge in [-0.05, 0) is 42.8 Å². The number of aryl methyl sites for hydroxylation is 1. The maximum atomic E-state index is 12.2. The van der Waals surface area contributed by atoms with Gasteiger partial charge in [-0.3, -0.25) is 9.59 Å². The third-order valence-electron chi connectivity index (χ3n) is 4.79. The number of carbonyl (C=O) groups excluding carboxylic acids is 2. The molecular weight excluding hydrogens is 390 g/mol. The second kappa shape index (κ2) is 8.49. The average Bonchev–Trinajstić information content (AvgIpc) is 3.36. The molecule has 148 valence electrons. The second-order valence-corrected chi connectivity index (χ2v) is 7.25. The van der Waals surface area contributed by atoms with Gasteiger partial charge in [0.2, 0.25) is 11.8 Å². The summed E-state index contributed by atoms with van der Waals surface area (Å²) in [4.78, 5) is 30.0. The van der Waals surface area contributed by atoms with Gasteiger partial charge in [-0.25, -0.2) is 4.98 Å². The Morgan fingerprint density at radius 1 is 1.17 bits per heavy atom. The third kappa shape index (κ3) is 4.49. The lowest BCUT2D eigenvalue weighted by Gasteiger charge is -2.16. The molecule has 29 heavy (non-hydrogen) atoms. The molecule has 2 heterocycles. The van der Waals surface area contributed by atoms with Crippen LogP contribution in [0.1, 0.15) is 25.2 Å². The molecule has 1 aromatic heterocycles. The van der Waals surface area contributed by atoms with E-state index in [-0.39, 0.29) is 18.2 Å². The van der Waals surface area contributed by atoms with E-state index in [1.807, 2.05) is 30.3 Å². The number of oxazole rings is 1. The highest BCUT2D eigenvalue weighted by molar-refractivity contribution is 6.33. The van der Waals surface area contributed by atoms with Crippen LogP contribution in [-0.2, 0) is 16.0 Å². The Labute approximate surface area is 173 Å². The van der Waals surface area contributed by atoms with Gasteiger partial charge in [0, 0.05) is 42.7 Å². The fourth-order valence-electron chi connectivity index (χ4n) is 3.30. The highest BCUT2D eigenvalue weighted by atomic mass is 35.5. The molecular formula is C22H20ClN3O3. The number of nitrogens with one attached hydrogen (secondary N) is 1.